The molecular formula is C13H21N3O. The van der Waals surface area contributed by atoms with Crippen LogP contribution in [0.25, 0.3) is 0 Å². The van der Waals surface area contributed by atoms with E-state index in [1.165, 1.54) is 43.5 Å². The van der Waals surface area contributed by atoms with Crippen LogP contribution in [0.4, 0.5) is 0 Å². The highest BCUT2D eigenvalue weighted by molar-refractivity contribution is 5.24. The quantitative estimate of drug-likeness (QED) is 0.864. The summed E-state index contributed by atoms with van der Waals surface area (Å²) in [6.45, 7) is 5.22. The summed E-state index contributed by atoms with van der Waals surface area (Å²) in [5, 5.41) is 7.33. The minimum atomic E-state index is 0.723. The molecule has 1 atom stereocenters. The molecule has 0 radical (unpaired) electrons. The Morgan fingerprint density at radius 2 is 2.29 bits per heavy atom. The lowest BCUT2D eigenvalue weighted by Gasteiger charge is -2.29. The average molecular weight is 235 g/mol. The Kier molecular flexibility index (Phi) is 3.43. The summed E-state index contributed by atoms with van der Waals surface area (Å²) in [5.41, 5.74) is 2.85. The first-order chi connectivity index (χ1) is 8.43. The number of aryl methyl sites for hydroxylation is 1. The molecule has 1 unspecified atom stereocenters. The smallest absolute Gasteiger partial charge is 0.0594 e. The van der Waals surface area contributed by atoms with Crippen molar-refractivity contribution in [3.63, 3.8) is 0 Å². The van der Waals surface area contributed by atoms with E-state index in [9.17, 15) is 0 Å². The molecule has 1 aromatic rings. The van der Waals surface area contributed by atoms with Gasteiger partial charge in [-0.3, -0.25) is 10.00 Å². The van der Waals surface area contributed by atoms with Gasteiger partial charge < -0.3 is 4.74 Å². The third-order valence-corrected chi connectivity index (χ3v) is 4.07. The summed E-state index contributed by atoms with van der Waals surface area (Å²) >= 11 is 0. The number of nitrogens with zero attached hydrogens (tertiary/aromatic N) is 2. The fourth-order valence-electron chi connectivity index (χ4n) is 3.02. The second-order valence-electron chi connectivity index (χ2n) is 5.14. The summed E-state index contributed by atoms with van der Waals surface area (Å²) in [5.74, 6) is 0.723. The number of hydrogen-bond acceptors (Lipinski definition) is 3. The number of aromatic amines is 1. The summed E-state index contributed by atoms with van der Waals surface area (Å²) in [6, 6.07) is 0. The first-order valence-electron chi connectivity index (χ1n) is 6.76. The van der Waals surface area contributed by atoms with Crippen LogP contribution in [0.2, 0.25) is 0 Å². The molecule has 4 nitrogen and oxygen atoms in total. The van der Waals surface area contributed by atoms with Gasteiger partial charge >= 0.3 is 0 Å². The van der Waals surface area contributed by atoms with Crippen molar-refractivity contribution in [1.82, 2.24) is 15.1 Å². The first-order valence-corrected chi connectivity index (χ1v) is 6.76. The topological polar surface area (TPSA) is 41.2 Å². The normalized spacial score (nSPS) is 25.8. The van der Waals surface area contributed by atoms with Crippen molar-refractivity contribution < 1.29 is 4.74 Å². The average Bonchev–Trinajstić information content (AvgIpc) is 2.86. The van der Waals surface area contributed by atoms with Gasteiger partial charge in [-0.05, 0) is 43.7 Å². The molecule has 4 heteroatoms. The standard InChI is InChI=1S/C13H21N3O/c1-2-11(12-10-14-15-13(12)3-1)4-5-16-6-8-17-9-7-16/h10-11H,1-9H2,(H,14,15). The molecule has 1 N–H and O–H groups in total. The third-order valence-electron chi connectivity index (χ3n) is 4.07. The minimum Gasteiger partial charge on any atom is -0.379 e. The van der Waals surface area contributed by atoms with Crippen LogP contribution in [0, 0.1) is 0 Å². The number of ether oxygens (including phenoxy) is 1. The Morgan fingerprint density at radius 1 is 1.41 bits per heavy atom. The Balaban J connectivity index is 1.56. The van der Waals surface area contributed by atoms with Gasteiger partial charge in [0, 0.05) is 18.8 Å². The Bertz CT molecular complexity index is 357. The van der Waals surface area contributed by atoms with Gasteiger partial charge in [-0.1, -0.05) is 0 Å². The second kappa shape index (κ2) is 5.19. The summed E-state index contributed by atoms with van der Waals surface area (Å²) in [6.07, 6.45) is 7.13. The lowest BCUT2D eigenvalue weighted by molar-refractivity contribution is 0.0363. The van der Waals surface area contributed by atoms with Gasteiger partial charge in [0.2, 0.25) is 0 Å². The van der Waals surface area contributed by atoms with Crippen molar-refractivity contribution >= 4 is 0 Å². The van der Waals surface area contributed by atoms with E-state index in [4.69, 9.17) is 4.74 Å². The largest absolute Gasteiger partial charge is 0.379 e. The lowest BCUT2D eigenvalue weighted by atomic mass is 9.85. The van der Waals surface area contributed by atoms with Crippen molar-refractivity contribution in [3.8, 4) is 0 Å². The lowest BCUT2D eigenvalue weighted by Crippen LogP contribution is -2.37. The van der Waals surface area contributed by atoms with E-state index in [0.29, 0.717) is 0 Å². The maximum absolute atomic E-state index is 5.38. The number of morpholine rings is 1. The van der Waals surface area contributed by atoms with Gasteiger partial charge in [-0.25, -0.2) is 0 Å². The molecule has 2 aliphatic rings. The van der Waals surface area contributed by atoms with Crippen LogP contribution >= 0.6 is 0 Å². The van der Waals surface area contributed by atoms with Gasteiger partial charge in [-0.2, -0.15) is 5.10 Å². The number of H-pyrrole nitrogens is 1. The molecule has 1 aliphatic heterocycles. The van der Waals surface area contributed by atoms with Crippen molar-refractivity contribution in [2.75, 3.05) is 32.8 Å². The van der Waals surface area contributed by atoms with Crippen molar-refractivity contribution in [2.45, 2.75) is 31.6 Å². The van der Waals surface area contributed by atoms with Crippen LogP contribution in [0.5, 0.6) is 0 Å². The molecule has 2 heterocycles. The molecule has 1 aliphatic carbocycles. The zero-order chi connectivity index (χ0) is 11.5. The number of fused-ring (bicyclic) bond motifs is 1. The van der Waals surface area contributed by atoms with Gasteiger partial charge in [0.1, 0.15) is 0 Å². The number of nitrogens with one attached hydrogen (secondary N) is 1. The van der Waals surface area contributed by atoms with E-state index in [1.807, 2.05) is 6.20 Å². The van der Waals surface area contributed by atoms with E-state index < -0.39 is 0 Å². The van der Waals surface area contributed by atoms with Crippen molar-refractivity contribution in [1.29, 1.82) is 0 Å². The highest BCUT2D eigenvalue weighted by atomic mass is 16.5. The molecule has 0 spiro atoms. The first kappa shape index (κ1) is 11.2. The maximum Gasteiger partial charge on any atom is 0.0594 e. The van der Waals surface area contributed by atoms with Gasteiger partial charge in [0.15, 0.2) is 0 Å². The summed E-state index contributed by atoms with van der Waals surface area (Å²) < 4.78 is 5.38. The van der Waals surface area contributed by atoms with Crippen molar-refractivity contribution in [3.05, 3.63) is 17.5 Å². The molecule has 94 valence electrons. The fourth-order valence-corrected chi connectivity index (χ4v) is 3.02. The number of hydrogen-bond donors (Lipinski definition) is 1. The molecule has 1 fully saturated rings. The molecular weight excluding hydrogens is 214 g/mol. The van der Waals surface area contributed by atoms with Gasteiger partial charge in [-0.15, -0.1) is 0 Å². The molecule has 0 aromatic carbocycles. The monoisotopic (exact) mass is 235 g/mol. The molecule has 0 bridgehead atoms. The van der Waals surface area contributed by atoms with Crippen LogP contribution in [0.15, 0.2) is 6.20 Å². The highest BCUT2D eigenvalue weighted by Crippen LogP contribution is 2.32. The van der Waals surface area contributed by atoms with Crippen LogP contribution in [-0.2, 0) is 11.2 Å². The predicted octanol–water partition coefficient (Wildman–Crippen LogP) is 1.55. The summed E-state index contributed by atoms with van der Waals surface area (Å²) in [4.78, 5) is 2.53. The Morgan fingerprint density at radius 3 is 3.18 bits per heavy atom. The van der Waals surface area contributed by atoms with Crippen LogP contribution in [0.1, 0.15) is 36.4 Å². The SMILES string of the molecule is c1n[nH]c2c1C(CCN1CCOCC1)CCC2. The Labute approximate surface area is 102 Å². The van der Waals surface area contributed by atoms with Crippen molar-refractivity contribution in [2.24, 2.45) is 0 Å². The molecule has 1 aromatic heterocycles. The highest BCUT2D eigenvalue weighted by Gasteiger charge is 2.22. The fraction of sp³-hybridized carbons (Fsp3) is 0.769. The molecule has 0 saturated carbocycles. The van der Waals surface area contributed by atoms with E-state index >= 15 is 0 Å². The third kappa shape index (κ3) is 2.53. The van der Waals surface area contributed by atoms with E-state index in [1.54, 1.807) is 0 Å². The predicted molar refractivity (Wildman–Crippen MR) is 66.1 cm³/mol. The molecule has 3 rings (SSSR count). The van der Waals surface area contributed by atoms with E-state index in [2.05, 4.69) is 15.1 Å². The van der Waals surface area contributed by atoms with E-state index in [0.717, 1.165) is 32.2 Å². The molecule has 0 amide bonds. The molecule has 17 heavy (non-hydrogen) atoms. The van der Waals surface area contributed by atoms with E-state index in [-0.39, 0.29) is 0 Å². The van der Waals surface area contributed by atoms with Gasteiger partial charge in [0.05, 0.1) is 19.4 Å². The zero-order valence-electron chi connectivity index (χ0n) is 10.3. The number of rotatable bonds is 3. The van der Waals surface area contributed by atoms with Crippen LogP contribution in [-0.4, -0.2) is 47.9 Å². The molecule has 1 saturated heterocycles. The Hall–Kier alpha value is -0.870. The van der Waals surface area contributed by atoms with Crippen LogP contribution < -0.4 is 0 Å². The van der Waals surface area contributed by atoms with Gasteiger partial charge in [0.25, 0.3) is 0 Å². The van der Waals surface area contributed by atoms with Crippen LogP contribution in [0.3, 0.4) is 0 Å². The second-order valence-corrected chi connectivity index (χ2v) is 5.14. The minimum absolute atomic E-state index is 0.723. The maximum atomic E-state index is 5.38. The zero-order valence-corrected chi connectivity index (χ0v) is 10.3. The summed E-state index contributed by atoms with van der Waals surface area (Å²) in [7, 11) is 0. The number of aromatic nitrogens is 2.